The van der Waals surface area contributed by atoms with Gasteiger partial charge in [0.05, 0.1) is 25.3 Å². The van der Waals surface area contributed by atoms with E-state index in [1.165, 1.54) is 16.8 Å². The maximum atomic E-state index is 12.9. The molecule has 0 spiro atoms. The molecule has 27 heavy (non-hydrogen) atoms. The van der Waals surface area contributed by atoms with Crippen LogP contribution in [-0.4, -0.2) is 49.6 Å². The van der Waals surface area contributed by atoms with Gasteiger partial charge in [0, 0.05) is 25.3 Å². The molecule has 2 heterocycles. The van der Waals surface area contributed by atoms with E-state index in [1.807, 2.05) is 6.07 Å². The molecule has 4 rings (SSSR count). The van der Waals surface area contributed by atoms with Crippen molar-refractivity contribution in [2.45, 2.75) is 31.8 Å². The van der Waals surface area contributed by atoms with Crippen LogP contribution in [0.4, 0.5) is 5.69 Å². The number of carbonyl (C=O) groups excluding carboxylic acids is 1. The highest BCUT2D eigenvalue weighted by molar-refractivity contribution is 5.83. The highest BCUT2D eigenvalue weighted by Gasteiger charge is 2.38. The first-order valence-corrected chi connectivity index (χ1v) is 9.97. The molecule has 0 aromatic heterocycles. The number of morpholine rings is 1. The molecule has 2 atom stereocenters. The van der Waals surface area contributed by atoms with E-state index in [0.717, 1.165) is 32.5 Å². The number of hydrogen-bond acceptors (Lipinski definition) is 4. The third-order valence-corrected chi connectivity index (χ3v) is 5.78. The summed E-state index contributed by atoms with van der Waals surface area (Å²) in [6.45, 7) is 5.73. The zero-order valence-corrected chi connectivity index (χ0v) is 16.0. The Hall–Kier alpha value is -2.17. The number of ketones is 1. The van der Waals surface area contributed by atoms with E-state index in [-0.39, 0.29) is 17.9 Å². The van der Waals surface area contributed by atoms with Crippen LogP contribution < -0.4 is 4.90 Å². The van der Waals surface area contributed by atoms with E-state index >= 15 is 0 Å². The number of aryl methyl sites for hydroxylation is 1. The molecule has 1 saturated heterocycles. The van der Waals surface area contributed by atoms with Crippen molar-refractivity contribution in [2.75, 3.05) is 37.7 Å². The molecule has 2 aromatic carbocycles. The number of carbonyl (C=O) groups is 1. The first-order valence-electron chi connectivity index (χ1n) is 9.97. The Labute approximate surface area is 161 Å². The standard InChI is InChI=1S/C23H28N2O2/c1-18(26)22(24-14-16-27-17-15-24)23(20-9-3-2-4-10-20)25-13-7-11-19-8-5-6-12-21(19)25/h2-6,8-10,12,22-23H,7,11,13-17H2,1H3/t22-,23+/m1/s1. The molecule has 0 aliphatic carbocycles. The quantitative estimate of drug-likeness (QED) is 0.813. The lowest BCUT2D eigenvalue weighted by molar-refractivity contribution is -0.125. The number of para-hydroxylation sites is 1. The number of benzene rings is 2. The van der Waals surface area contributed by atoms with Gasteiger partial charge in [-0.25, -0.2) is 0 Å². The fourth-order valence-corrected chi connectivity index (χ4v) is 4.57. The maximum Gasteiger partial charge on any atom is 0.149 e. The normalized spacial score (nSPS) is 20.0. The van der Waals surface area contributed by atoms with Crippen LogP contribution in [0.25, 0.3) is 0 Å². The molecular formula is C23H28N2O2. The molecule has 142 valence electrons. The summed E-state index contributed by atoms with van der Waals surface area (Å²) in [6.07, 6.45) is 2.23. The molecule has 0 radical (unpaired) electrons. The number of rotatable bonds is 5. The topological polar surface area (TPSA) is 32.8 Å². The average Bonchev–Trinajstić information content (AvgIpc) is 2.72. The smallest absolute Gasteiger partial charge is 0.149 e. The Bertz CT molecular complexity index is 771. The van der Waals surface area contributed by atoms with Gasteiger partial charge in [-0.3, -0.25) is 9.69 Å². The zero-order chi connectivity index (χ0) is 18.6. The zero-order valence-electron chi connectivity index (χ0n) is 16.0. The lowest BCUT2D eigenvalue weighted by atomic mass is 9.90. The number of Topliss-reactive ketones (excluding diaryl/α,β-unsaturated/α-hetero) is 1. The van der Waals surface area contributed by atoms with Crippen LogP contribution in [-0.2, 0) is 16.0 Å². The van der Waals surface area contributed by atoms with Gasteiger partial charge in [0.25, 0.3) is 0 Å². The van der Waals surface area contributed by atoms with Gasteiger partial charge < -0.3 is 9.64 Å². The second-order valence-electron chi connectivity index (χ2n) is 7.49. The predicted octanol–water partition coefficient (Wildman–Crippen LogP) is 3.47. The predicted molar refractivity (Wildman–Crippen MR) is 108 cm³/mol. The molecule has 1 fully saturated rings. The van der Waals surface area contributed by atoms with E-state index in [9.17, 15) is 4.79 Å². The van der Waals surface area contributed by atoms with Crippen molar-refractivity contribution in [1.29, 1.82) is 0 Å². The van der Waals surface area contributed by atoms with E-state index < -0.39 is 0 Å². The molecule has 0 N–H and O–H groups in total. The lowest BCUT2D eigenvalue weighted by Crippen LogP contribution is -2.54. The summed E-state index contributed by atoms with van der Waals surface area (Å²) in [7, 11) is 0. The lowest BCUT2D eigenvalue weighted by Gasteiger charge is -2.45. The van der Waals surface area contributed by atoms with Crippen molar-refractivity contribution >= 4 is 11.5 Å². The fraction of sp³-hybridized carbons (Fsp3) is 0.435. The summed E-state index contributed by atoms with van der Waals surface area (Å²) >= 11 is 0. The molecule has 2 aliphatic rings. The number of nitrogens with zero attached hydrogens (tertiary/aromatic N) is 2. The van der Waals surface area contributed by atoms with Crippen molar-refractivity contribution in [1.82, 2.24) is 4.90 Å². The molecular weight excluding hydrogens is 336 g/mol. The van der Waals surface area contributed by atoms with Crippen LogP contribution in [0, 0.1) is 0 Å². The van der Waals surface area contributed by atoms with E-state index in [0.29, 0.717) is 13.2 Å². The summed E-state index contributed by atoms with van der Waals surface area (Å²) in [5, 5.41) is 0. The Morgan fingerprint density at radius 3 is 2.41 bits per heavy atom. The molecule has 2 aromatic rings. The average molecular weight is 364 g/mol. The highest BCUT2D eigenvalue weighted by Crippen LogP contribution is 2.37. The van der Waals surface area contributed by atoms with Gasteiger partial charge in [0.2, 0.25) is 0 Å². The Morgan fingerprint density at radius 2 is 1.67 bits per heavy atom. The first kappa shape index (κ1) is 18.2. The molecule has 0 bridgehead atoms. The SMILES string of the molecule is CC(=O)[C@H]([C@H](c1ccccc1)N1CCCc2ccccc21)N1CCOCC1. The van der Waals surface area contributed by atoms with Crippen LogP contribution in [0.5, 0.6) is 0 Å². The highest BCUT2D eigenvalue weighted by atomic mass is 16.5. The van der Waals surface area contributed by atoms with Crippen molar-refractivity contribution in [3.63, 3.8) is 0 Å². The van der Waals surface area contributed by atoms with Gasteiger partial charge in [-0.05, 0) is 37.0 Å². The van der Waals surface area contributed by atoms with E-state index in [2.05, 4.69) is 58.3 Å². The van der Waals surface area contributed by atoms with Crippen LogP contribution in [0.15, 0.2) is 54.6 Å². The number of fused-ring (bicyclic) bond motifs is 1. The summed E-state index contributed by atoms with van der Waals surface area (Å²) in [5.74, 6) is 0.230. The minimum atomic E-state index is -0.164. The first-order chi connectivity index (χ1) is 13.3. The minimum Gasteiger partial charge on any atom is -0.379 e. The second kappa shape index (κ2) is 8.24. The Balaban J connectivity index is 1.79. The third kappa shape index (κ3) is 3.78. The maximum absolute atomic E-state index is 12.9. The number of ether oxygens (including phenoxy) is 1. The van der Waals surface area contributed by atoms with Crippen molar-refractivity contribution < 1.29 is 9.53 Å². The van der Waals surface area contributed by atoms with Gasteiger partial charge in [0.15, 0.2) is 0 Å². The van der Waals surface area contributed by atoms with Gasteiger partial charge in [-0.1, -0.05) is 48.5 Å². The number of anilines is 1. The van der Waals surface area contributed by atoms with Crippen molar-refractivity contribution in [3.05, 3.63) is 65.7 Å². The fourth-order valence-electron chi connectivity index (χ4n) is 4.57. The van der Waals surface area contributed by atoms with Crippen LogP contribution in [0.2, 0.25) is 0 Å². The summed E-state index contributed by atoms with van der Waals surface area (Å²) in [5.41, 5.74) is 3.87. The van der Waals surface area contributed by atoms with E-state index in [4.69, 9.17) is 4.74 Å². The van der Waals surface area contributed by atoms with E-state index in [1.54, 1.807) is 6.92 Å². The molecule has 0 amide bonds. The summed E-state index contributed by atoms with van der Waals surface area (Å²) in [6, 6.07) is 19.0. The van der Waals surface area contributed by atoms with Gasteiger partial charge in [-0.15, -0.1) is 0 Å². The minimum absolute atomic E-state index is 0.0169. The van der Waals surface area contributed by atoms with Crippen molar-refractivity contribution in [2.24, 2.45) is 0 Å². The Morgan fingerprint density at radius 1 is 0.963 bits per heavy atom. The van der Waals surface area contributed by atoms with Crippen LogP contribution >= 0.6 is 0 Å². The number of hydrogen-bond donors (Lipinski definition) is 0. The molecule has 0 unspecified atom stereocenters. The van der Waals surface area contributed by atoms with Crippen LogP contribution in [0.1, 0.15) is 30.5 Å². The largest absolute Gasteiger partial charge is 0.379 e. The monoisotopic (exact) mass is 364 g/mol. The summed E-state index contributed by atoms with van der Waals surface area (Å²) < 4.78 is 5.55. The molecule has 2 aliphatic heterocycles. The summed E-state index contributed by atoms with van der Waals surface area (Å²) in [4.78, 5) is 17.7. The molecule has 4 nitrogen and oxygen atoms in total. The Kier molecular flexibility index (Phi) is 5.55. The second-order valence-corrected chi connectivity index (χ2v) is 7.49. The third-order valence-electron chi connectivity index (χ3n) is 5.78. The van der Waals surface area contributed by atoms with Crippen molar-refractivity contribution in [3.8, 4) is 0 Å². The van der Waals surface area contributed by atoms with Crippen LogP contribution in [0.3, 0.4) is 0 Å². The van der Waals surface area contributed by atoms with Gasteiger partial charge in [0.1, 0.15) is 5.78 Å². The van der Waals surface area contributed by atoms with Gasteiger partial charge in [-0.2, -0.15) is 0 Å². The molecule has 4 heteroatoms. The van der Waals surface area contributed by atoms with Gasteiger partial charge >= 0.3 is 0 Å². The molecule has 0 saturated carbocycles.